The SMILES string of the molecule is CC1=CC(C)=C(CNC(=O)c2cc(-c3ccc(N4CCNC[C@H]4C)nc3)cc3c2c(C)cn3C(C)C)C(=O)C1. The van der Waals surface area contributed by atoms with Gasteiger partial charge in [-0.05, 0) is 82.5 Å². The molecule has 5 rings (SSSR count). The van der Waals surface area contributed by atoms with Gasteiger partial charge in [-0.25, -0.2) is 4.98 Å². The number of fused-ring (bicyclic) bond motifs is 1. The molecule has 1 atom stereocenters. The van der Waals surface area contributed by atoms with E-state index in [-0.39, 0.29) is 24.3 Å². The lowest BCUT2D eigenvalue weighted by atomic mass is 9.92. The maximum absolute atomic E-state index is 13.7. The summed E-state index contributed by atoms with van der Waals surface area (Å²) in [7, 11) is 0. The van der Waals surface area contributed by atoms with Crippen LogP contribution in [0, 0.1) is 6.92 Å². The van der Waals surface area contributed by atoms with E-state index in [4.69, 9.17) is 4.98 Å². The summed E-state index contributed by atoms with van der Waals surface area (Å²) in [5, 5.41) is 7.42. The van der Waals surface area contributed by atoms with Crippen molar-refractivity contribution in [2.45, 2.75) is 60.0 Å². The molecule has 2 N–H and O–H groups in total. The number of aromatic nitrogens is 2. The topological polar surface area (TPSA) is 79.3 Å². The Morgan fingerprint density at radius 1 is 1.18 bits per heavy atom. The Morgan fingerprint density at radius 2 is 1.97 bits per heavy atom. The Morgan fingerprint density at radius 3 is 2.64 bits per heavy atom. The van der Waals surface area contributed by atoms with E-state index in [2.05, 4.69) is 65.3 Å². The smallest absolute Gasteiger partial charge is 0.252 e. The molecule has 0 spiro atoms. The zero-order valence-corrected chi connectivity index (χ0v) is 23.9. The minimum atomic E-state index is -0.176. The van der Waals surface area contributed by atoms with Crippen LogP contribution in [0.2, 0.25) is 0 Å². The van der Waals surface area contributed by atoms with Crippen molar-refractivity contribution < 1.29 is 9.59 Å². The lowest BCUT2D eigenvalue weighted by Gasteiger charge is -2.34. The molecule has 1 saturated heterocycles. The number of allylic oxidation sites excluding steroid dienone is 3. The molecule has 3 heterocycles. The fourth-order valence-corrected chi connectivity index (χ4v) is 5.86. The van der Waals surface area contributed by atoms with Gasteiger partial charge in [-0.1, -0.05) is 11.6 Å². The van der Waals surface area contributed by atoms with Gasteiger partial charge in [0, 0.05) is 84.7 Å². The van der Waals surface area contributed by atoms with Gasteiger partial charge in [0.1, 0.15) is 5.82 Å². The third-order valence-corrected chi connectivity index (χ3v) is 7.94. The molecule has 2 aliphatic rings. The summed E-state index contributed by atoms with van der Waals surface area (Å²) in [6.45, 7) is 15.5. The summed E-state index contributed by atoms with van der Waals surface area (Å²) in [6, 6.07) is 8.92. The highest BCUT2D eigenvalue weighted by Gasteiger charge is 2.23. The van der Waals surface area contributed by atoms with Crippen LogP contribution in [0.5, 0.6) is 0 Å². The maximum Gasteiger partial charge on any atom is 0.252 e. The van der Waals surface area contributed by atoms with Gasteiger partial charge in [-0.15, -0.1) is 0 Å². The second-order valence-corrected chi connectivity index (χ2v) is 11.3. The van der Waals surface area contributed by atoms with Crippen molar-refractivity contribution in [1.29, 1.82) is 0 Å². The zero-order valence-electron chi connectivity index (χ0n) is 23.9. The van der Waals surface area contributed by atoms with Gasteiger partial charge < -0.3 is 20.1 Å². The van der Waals surface area contributed by atoms with Crippen molar-refractivity contribution in [1.82, 2.24) is 20.2 Å². The van der Waals surface area contributed by atoms with E-state index in [1.54, 1.807) is 0 Å². The molecule has 7 nitrogen and oxygen atoms in total. The molecule has 1 aliphatic carbocycles. The van der Waals surface area contributed by atoms with Crippen LogP contribution in [0.25, 0.3) is 22.0 Å². The van der Waals surface area contributed by atoms with Crippen molar-refractivity contribution in [2.24, 2.45) is 0 Å². The van der Waals surface area contributed by atoms with Crippen LogP contribution in [-0.2, 0) is 4.79 Å². The molecule has 1 aliphatic heterocycles. The van der Waals surface area contributed by atoms with Gasteiger partial charge in [-0.2, -0.15) is 0 Å². The average Bonchev–Trinajstić information content (AvgIpc) is 3.24. The summed E-state index contributed by atoms with van der Waals surface area (Å²) in [4.78, 5) is 33.5. The Labute approximate surface area is 231 Å². The van der Waals surface area contributed by atoms with Crippen LogP contribution in [-0.4, -0.2) is 53.5 Å². The monoisotopic (exact) mass is 525 g/mol. The van der Waals surface area contributed by atoms with E-state index >= 15 is 0 Å². The number of amides is 1. The van der Waals surface area contributed by atoms with E-state index in [1.807, 2.05) is 39.1 Å². The number of piperazine rings is 1. The summed E-state index contributed by atoms with van der Waals surface area (Å²) in [6.07, 6.45) is 6.47. The van der Waals surface area contributed by atoms with Crippen molar-refractivity contribution in [3.05, 3.63) is 70.6 Å². The van der Waals surface area contributed by atoms with Crippen LogP contribution in [0.4, 0.5) is 5.82 Å². The lowest BCUT2D eigenvalue weighted by molar-refractivity contribution is -0.115. The number of nitrogens with one attached hydrogen (secondary N) is 2. The number of hydrogen-bond acceptors (Lipinski definition) is 5. The van der Waals surface area contributed by atoms with Crippen LogP contribution in [0.1, 0.15) is 63.0 Å². The number of benzene rings is 1. The van der Waals surface area contributed by atoms with E-state index in [9.17, 15) is 9.59 Å². The van der Waals surface area contributed by atoms with Gasteiger partial charge in [0.15, 0.2) is 5.78 Å². The van der Waals surface area contributed by atoms with Gasteiger partial charge in [0.05, 0.1) is 0 Å². The minimum absolute atomic E-state index is 0.0822. The first kappa shape index (κ1) is 26.9. The van der Waals surface area contributed by atoms with Crippen molar-refractivity contribution in [3.63, 3.8) is 0 Å². The third kappa shape index (κ3) is 5.28. The molecule has 0 bridgehead atoms. The van der Waals surface area contributed by atoms with Gasteiger partial charge in [0.25, 0.3) is 5.91 Å². The molecule has 1 aromatic carbocycles. The fourth-order valence-electron chi connectivity index (χ4n) is 5.86. The predicted octanol–water partition coefficient (Wildman–Crippen LogP) is 5.36. The molecule has 0 saturated carbocycles. The Balaban J connectivity index is 1.52. The molecular weight excluding hydrogens is 486 g/mol. The Bertz CT molecular complexity index is 1490. The van der Waals surface area contributed by atoms with Crippen LogP contribution in [0.3, 0.4) is 0 Å². The first-order valence-electron chi connectivity index (χ1n) is 13.9. The van der Waals surface area contributed by atoms with Gasteiger partial charge in [-0.3, -0.25) is 9.59 Å². The summed E-state index contributed by atoms with van der Waals surface area (Å²) >= 11 is 0. The molecule has 3 aromatic rings. The molecule has 0 unspecified atom stereocenters. The number of aryl methyl sites for hydroxylation is 1. The molecule has 204 valence electrons. The number of ketones is 1. The standard InChI is InChI=1S/C32H39N5O2/c1-19(2)37-18-22(5)31-26(32(39)35-17-27-21(4)11-20(3)12-29(27)38)13-25(14-28(31)37)24-7-8-30(34-16-24)36-10-9-33-15-23(36)6/h7-8,11,13-14,16,18-19,23,33H,9-10,12,15,17H2,1-6H3,(H,35,39)/t23-/m1/s1. The molecule has 1 amide bonds. The van der Waals surface area contributed by atoms with Crippen LogP contribution in [0.15, 0.2) is 59.5 Å². The number of hydrogen-bond donors (Lipinski definition) is 2. The van der Waals surface area contributed by atoms with Gasteiger partial charge >= 0.3 is 0 Å². The van der Waals surface area contributed by atoms with Crippen molar-refractivity contribution in [3.8, 4) is 11.1 Å². The largest absolute Gasteiger partial charge is 0.351 e. The quantitative estimate of drug-likeness (QED) is 0.453. The van der Waals surface area contributed by atoms with Crippen molar-refractivity contribution in [2.75, 3.05) is 31.1 Å². The Kier molecular flexibility index (Phi) is 7.45. The van der Waals surface area contributed by atoms with Crippen molar-refractivity contribution >= 4 is 28.4 Å². The van der Waals surface area contributed by atoms with Gasteiger partial charge in [0.2, 0.25) is 0 Å². The molecule has 39 heavy (non-hydrogen) atoms. The van der Waals surface area contributed by atoms with E-state index < -0.39 is 0 Å². The molecule has 2 aromatic heterocycles. The summed E-state index contributed by atoms with van der Waals surface area (Å²) in [5.41, 5.74) is 7.27. The number of carbonyl (C=O) groups excluding carboxylic acids is 2. The highest BCUT2D eigenvalue weighted by Crippen LogP contribution is 2.33. The number of rotatable bonds is 6. The second-order valence-electron chi connectivity index (χ2n) is 11.3. The number of nitrogens with zero attached hydrogens (tertiary/aromatic N) is 3. The highest BCUT2D eigenvalue weighted by atomic mass is 16.2. The number of pyridine rings is 1. The molecule has 7 heteroatoms. The summed E-state index contributed by atoms with van der Waals surface area (Å²) < 4.78 is 2.22. The Hall–Kier alpha value is -3.71. The fraction of sp³-hybridized carbons (Fsp3) is 0.406. The number of carbonyl (C=O) groups is 2. The molecular formula is C32H39N5O2. The van der Waals surface area contributed by atoms with E-state index in [1.165, 1.54) is 0 Å². The number of anilines is 1. The highest BCUT2D eigenvalue weighted by molar-refractivity contribution is 6.10. The molecule has 1 fully saturated rings. The normalized spacial score (nSPS) is 18.2. The zero-order chi connectivity index (χ0) is 27.8. The van der Waals surface area contributed by atoms with E-state index in [0.717, 1.165) is 64.2 Å². The predicted molar refractivity (Wildman–Crippen MR) is 158 cm³/mol. The number of Topliss-reactive ketones (excluding diaryl/α,β-unsaturated/α-hetero) is 1. The maximum atomic E-state index is 13.7. The molecule has 0 radical (unpaired) electrons. The van der Waals surface area contributed by atoms with E-state index in [0.29, 0.717) is 23.6 Å². The first-order chi connectivity index (χ1) is 18.6. The lowest BCUT2D eigenvalue weighted by Crippen LogP contribution is -2.50. The van der Waals surface area contributed by atoms with Crippen LogP contribution < -0.4 is 15.5 Å². The second kappa shape index (κ2) is 10.8. The summed E-state index contributed by atoms with van der Waals surface area (Å²) in [5.74, 6) is 0.877. The average molecular weight is 526 g/mol. The minimum Gasteiger partial charge on any atom is -0.351 e. The first-order valence-corrected chi connectivity index (χ1v) is 13.9. The third-order valence-electron chi connectivity index (χ3n) is 7.94. The van der Waals surface area contributed by atoms with Crippen LogP contribution >= 0.6 is 0 Å².